The molecular weight excluding hydrogens is 292 g/mol. The first-order chi connectivity index (χ1) is 9.56. The van der Waals surface area contributed by atoms with Gasteiger partial charge in [0.1, 0.15) is 5.60 Å². The molecule has 6 nitrogen and oxygen atoms in total. The van der Waals surface area contributed by atoms with E-state index in [1.807, 2.05) is 6.92 Å². The summed E-state index contributed by atoms with van der Waals surface area (Å²) in [6, 6.07) is -0.204. The first kappa shape index (κ1) is 17.8. The second kappa shape index (κ2) is 7.15. The number of amides is 2. The summed E-state index contributed by atoms with van der Waals surface area (Å²) in [6.45, 7) is 9.68. The van der Waals surface area contributed by atoms with E-state index in [1.54, 1.807) is 25.7 Å². The van der Waals surface area contributed by atoms with Crippen LogP contribution in [0, 0.1) is 0 Å². The molecule has 0 saturated carbocycles. The van der Waals surface area contributed by atoms with Crippen LogP contribution in [0.25, 0.3) is 0 Å². The maximum absolute atomic E-state index is 11.9. The first-order valence-corrected chi connectivity index (χ1v) is 7.89. The van der Waals surface area contributed by atoms with Crippen LogP contribution in [-0.2, 0) is 14.3 Å². The van der Waals surface area contributed by atoms with E-state index in [2.05, 4.69) is 5.32 Å². The monoisotopic (exact) mass is 316 g/mol. The van der Waals surface area contributed by atoms with Crippen LogP contribution in [0.5, 0.6) is 0 Å². The average Bonchev–Trinajstić information content (AvgIpc) is 2.54. The quantitative estimate of drug-likeness (QED) is 0.855. The fourth-order valence-electron chi connectivity index (χ4n) is 2.11. The highest BCUT2D eigenvalue weighted by Crippen LogP contribution is 2.24. The van der Waals surface area contributed by atoms with Crippen molar-refractivity contribution in [2.75, 3.05) is 13.1 Å². The van der Waals surface area contributed by atoms with Gasteiger partial charge in [-0.3, -0.25) is 9.59 Å². The Morgan fingerprint density at radius 2 is 2.10 bits per heavy atom. The molecular formula is C14H24N2O4S. The smallest absolute Gasteiger partial charge is 0.407 e. The van der Waals surface area contributed by atoms with Gasteiger partial charge in [0, 0.05) is 37.7 Å². The number of hydrogen-bond donors (Lipinski definition) is 1. The molecule has 0 aromatic heterocycles. The van der Waals surface area contributed by atoms with E-state index in [0.29, 0.717) is 19.5 Å². The van der Waals surface area contributed by atoms with Crippen molar-refractivity contribution in [1.29, 1.82) is 0 Å². The lowest BCUT2D eigenvalue weighted by atomic mass is 10.2. The molecule has 7 heteroatoms. The zero-order valence-electron chi connectivity index (χ0n) is 13.3. The van der Waals surface area contributed by atoms with E-state index in [4.69, 9.17) is 4.74 Å². The summed E-state index contributed by atoms with van der Waals surface area (Å²) >= 11 is 1.20. The number of hydrogen-bond acceptors (Lipinski definition) is 5. The summed E-state index contributed by atoms with van der Waals surface area (Å²) < 4.78 is 5.17. The highest BCUT2D eigenvalue weighted by molar-refractivity contribution is 8.14. The normalized spacial score (nSPS) is 20.3. The van der Waals surface area contributed by atoms with E-state index in [9.17, 15) is 14.4 Å². The number of carbonyl (C=O) groups is 3. The zero-order valence-corrected chi connectivity index (χ0v) is 14.1. The zero-order chi connectivity index (χ0) is 16.2. The van der Waals surface area contributed by atoms with Gasteiger partial charge in [0.05, 0.1) is 0 Å². The molecule has 120 valence electrons. The van der Waals surface area contributed by atoms with E-state index in [1.165, 1.54) is 18.7 Å². The van der Waals surface area contributed by atoms with Gasteiger partial charge in [0.25, 0.3) is 0 Å². The Morgan fingerprint density at radius 3 is 2.62 bits per heavy atom. The molecule has 1 rings (SSSR count). The fourth-order valence-corrected chi connectivity index (χ4v) is 3.06. The molecule has 0 spiro atoms. The van der Waals surface area contributed by atoms with Crippen LogP contribution in [0.2, 0.25) is 0 Å². The summed E-state index contributed by atoms with van der Waals surface area (Å²) in [7, 11) is 0. The Balaban J connectivity index is 2.41. The molecule has 1 saturated heterocycles. The van der Waals surface area contributed by atoms with Crippen molar-refractivity contribution < 1.29 is 19.1 Å². The van der Waals surface area contributed by atoms with Crippen LogP contribution < -0.4 is 5.32 Å². The molecule has 1 aliphatic heterocycles. The van der Waals surface area contributed by atoms with Crippen LogP contribution in [0.3, 0.4) is 0 Å². The van der Waals surface area contributed by atoms with E-state index >= 15 is 0 Å². The van der Waals surface area contributed by atoms with Crippen LogP contribution >= 0.6 is 11.8 Å². The fraction of sp³-hybridized carbons (Fsp3) is 0.786. The topological polar surface area (TPSA) is 75.7 Å². The number of rotatable bonds is 4. The predicted octanol–water partition coefficient (Wildman–Crippen LogP) is 1.78. The summed E-state index contributed by atoms with van der Waals surface area (Å²) in [6.07, 6.45) is -0.111. The molecule has 0 aromatic rings. The molecule has 2 amide bonds. The Hall–Kier alpha value is -1.24. The van der Waals surface area contributed by atoms with Gasteiger partial charge >= 0.3 is 6.09 Å². The largest absolute Gasteiger partial charge is 0.444 e. The van der Waals surface area contributed by atoms with Gasteiger partial charge in [0.2, 0.25) is 5.91 Å². The summed E-state index contributed by atoms with van der Waals surface area (Å²) in [5.41, 5.74) is -0.545. The Morgan fingerprint density at radius 1 is 1.48 bits per heavy atom. The molecule has 1 heterocycles. The molecule has 0 aromatic carbocycles. The minimum Gasteiger partial charge on any atom is -0.444 e. The molecule has 2 atom stereocenters. The van der Waals surface area contributed by atoms with Gasteiger partial charge in [-0.1, -0.05) is 11.8 Å². The third-order valence-corrected chi connectivity index (χ3v) is 3.75. The minimum atomic E-state index is -0.545. The predicted molar refractivity (Wildman–Crippen MR) is 82.1 cm³/mol. The molecule has 1 fully saturated rings. The van der Waals surface area contributed by atoms with E-state index < -0.39 is 11.7 Å². The maximum Gasteiger partial charge on any atom is 0.407 e. The van der Waals surface area contributed by atoms with Crippen molar-refractivity contribution in [2.45, 2.75) is 57.9 Å². The van der Waals surface area contributed by atoms with E-state index in [-0.39, 0.29) is 22.3 Å². The van der Waals surface area contributed by atoms with Gasteiger partial charge < -0.3 is 15.0 Å². The van der Waals surface area contributed by atoms with Gasteiger partial charge in [-0.2, -0.15) is 0 Å². The molecule has 0 bridgehead atoms. The summed E-state index contributed by atoms with van der Waals surface area (Å²) in [5.74, 6) is 0.0200. The number of carbonyl (C=O) groups excluding carboxylic acids is 3. The maximum atomic E-state index is 11.9. The van der Waals surface area contributed by atoms with Gasteiger partial charge in [0.15, 0.2) is 5.12 Å². The molecule has 1 N–H and O–H groups in total. The first-order valence-electron chi connectivity index (χ1n) is 7.01. The van der Waals surface area contributed by atoms with Crippen LogP contribution in [-0.4, -0.2) is 52.0 Å². The van der Waals surface area contributed by atoms with Gasteiger partial charge in [-0.25, -0.2) is 4.79 Å². The highest BCUT2D eigenvalue weighted by Gasteiger charge is 2.32. The Bertz CT molecular complexity index is 420. The van der Waals surface area contributed by atoms with Crippen molar-refractivity contribution in [3.05, 3.63) is 0 Å². The van der Waals surface area contributed by atoms with Gasteiger partial charge in [-0.05, 0) is 27.7 Å². The molecule has 21 heavy (non-hydrogen) atoms. The number of likely N-dealkylation sites (tertiary alicyclic amines) is 1. The SMILES string of the molecule is CC(=O)SC1CC(=O)N(CC(C)NC(=O)OC(C)(C)C)C1. The number of alkyl carbamates (subject to hydrolysis) is 1. The van der Waals surface area contributed by atoms with Crippen LogP contribution in [0.15, 0.2) is 0 Å². The number of thioether (sulfide) groups is 1. The van der Waals surface area contributed by atoms with Crippen molar-refractivity contribution in [2.24, 2.45) is 0 Å². The standard InChI is InChI=1S/C14H24N2O4S/c1-9(15-13(19)20-14(3,4)5)7-16-8-11(6-12(16)18)21-10(2)17/h9,11H,6-8H2,1-5H3,(H,15,19). The number of nitrogens with one attached hydrogen (secondary N) is 1. The average molecular weight is 316 g/mol. The molecule has 0 aliphatic carbocycles. The third kappa shape index (κ3) is 6.84. The van der Waals surface area contributed by atoms with Crippen molar-refractivity contribution in [3.63, 3.8) is 0 Å². The second-order valence-electron chi connectivity index (χ2n) is 6.28. The Labute approximate surface area is 130 Å². The minimum absolute atomic E-state index is 0.0173. The Kier molecular flexibility index (Phi) is 6.07. The highest BCUT2D eigenvalue weighted by atomic mass is 32.2. The molecule has 0 radical (unpaired) electrons. The summed E-state index contributed by atoms with van der Waals surface area (Å²) in [4.78, 5) is 36.3. The summed E-state index contributed by atoms with van der Waals surface area (Å²) in [5, 5.41) is 2.75. The van der Waals surface area contributed by atoms with Crippen LogP contribution in [0.1, 0.15) is 41.0 Å². The van der Waals surface area contributed by atoms with Crippen LogP contribution in [0.4, 0.5) is 4.79 Å². The van der Waals surface area contributed by atoms with Crippen molar-refractivity contribution in [3.8, 4) is 0 Å². The molecule has 2 unspecified atom stereocenters. The van der Waals surface area contributed by atoms with Crippen molar-refractivity contribution >= 4 is 28.9 Å². The lowest BCUT2D eigenvalue weighted by molar-refractivity contribution is -0.128. The lowest BCUT2D eigenvalue weighted by Crippen LogP contribution is -2.44. The third-order valence-electron chi connectivity index (χ3n) is 2.77. The lowest BCUT2D eigenvalue weighted by Gasteiger charge is -2.24. The second-order valence-corrected chi connectivity index (χ2v) is 7.76. The van der Waals surface area contributed by atoms with E-state index in [0.717, 1.165) is 0 Å². The van der Waals surface area contributed by atoms with Crippen molar-refractivity contribution in [1.82, 2.24) is 10.2 Å². The molecule has 1 aliphatic rings. The number of nitrogens with zero attached hydrogens (tertiary/aromatic N) is 1. The van der Waals surface area contributed by atoms with Gasteiger partial charge in [-0.15, -0.1) is 0 Å². The number of ether oxygens (including phenoxy) is 1.